The minimum absolute atomic E-state index is 0.0239. The Bertz CT molecular complexity index is 1170. The topological polar surface area (TPSA) is 77.2 Å². The molecule has 11 heteroatoms. The number of nitrogens with zero attached hydrogens (tertiary/aromatic N) is 1. The molecule has 3 N–H and O–H groups in total. The monoisotopic (exact) mass is 499 g/mol. The first-order valence-electron chi connectivity index (χ1n) is 10.3. The summed E-state index contributed by atoms with van der Waals surface area (Å²) in [5.41, 5.74) is 4.79. The Hall–Kier alpha value is -2.82. The highest BCUT2D eigenvalue weighted by Crippen LogP contribution is 2.47. The average Bonchev–Trinajstić information content (AvgIpc) is 3.29. The summed E-state index contributed by atoms with van der Waals surface area (Å²) in [6, 6.07) is 6.81. The van der Waals surface area contributed by atoms with E-state index >= 15 is 4.39 Å². The second-order valence-corrected chi connectivity index (χ2v) is 8.39. The Morgan fingerprint density at radius 3 is 2.56 bits per heavy atom. The third-order valence-corrected chi connectivity index (χ3v) is 6.02. The summed E-state index contributed by atoms with van der Waals surface area (Å²) in [7, 11) is 0. The van der Waals surface area contributed by atoms with Crippen molar-refractivity contribution in [2.75, 3.05) is 11.9 Å². The highest BCUT2D eigenvalue weighted by molar-refractivity contribution is 6.36. The van der Waals surface area contributed by atoms with Crippen LogP contribution < -0.4 is 11.1 Å². The number of hydrogen-bond donors (Lipinski definition) is 2. The number of hydrogen-bond acceptors (Lipinski definition) is 4. The van der Waals surface area contributed by atoms with Gasteiger partial charge < -0.3 is 10.1 Å². The molecule has 180 valence electrons. The molecule has 1 amide bonds. The van der Waals surface area contributed by atoms with Crippen molar-refractivity contribution in [1.29, 1.82) is 0 Å². The fraction of sp³-hybridized carbons (Fsp3) is 0.304. The van der Waals surface area contributed by atoms with Crippen molar-refractivity contribution >= 4 is 28.8 Å². The zero-order chi connectivity index (χ0) is 24.7. The van der Waals surface area contributed by atoms with Gasteiger partial charge in [-0.25, -0.2) is 8.78 Å². The first-order valence-corrected chi connectivity index (χ1v) is 10.7. The summed E-state index contributed by atoms with van der Waals surface area (Å²) in [6.07, 6.45) is -3.99. The summed E-state index contributed by atoms with van der Waals surface area (Å²) >= 11 is 6.59. The summed E-state index contributed by atoms with van der Waals surface area (Å²) in [6.45, 7) is 0.387. The lowest BCUT2D eigenvalue weighted by atomic mass is 9.80. The van der Waals surface area contributed by atoms with E-state index in [1.807, 2.05) is 0 Å². The van der Waals surface area contributed by atoms with Crippen molar-refractivity contribution < 1.29 is 31.5 Å². The van der Waals surface area contributed by atoms with Gasteiger partial charge in [0, 0.05) is 41.6 Å². The predicted molar refractivity (Wildman–Crippen MR) is 116 cm³/mol. The van der Waals surface area contributed by atoms with E-state index in [1.54, 1.807) is 0 Å². The number of aromatic nitrogens is 1. The Morgan fingerprint density at radius 2 is 1.94 bits per heavy atom. The highest BCUT2D eigenvalue weighted by atomic mass is 35.5. The van der Waals surface area contributed by atoms with Crippen LogP contribution in [0.5, 0.6) is 0 Å². The van der Waals surface area contributed by atoms with Crippen molar-refractivity contribution in [2.24, 2.45) is 5.73 Å². The molecule has 1 fully saturated rings. The number of carbonyl (C=O) groups excluding carboxylic acids is 1. The van der Waals surface area contributed by atoms with Crippen LogP contribution in [0, 0.1) is 5.82 Å². The number of nitrogens with one attached hydrogen (secondary N) is 1. The lowest BCUT2D eigenvalue weighted by molar-refractivity contribution is -0.141. The van der Waals surface area contributed by atoms with Gasteiger partial charge in [-0.2, -0.15) is 13.2 Å². The summed E-state index contributed by atoms with van der Waals surface area (Å²) in [4.78, 5) is 16.2. The van der Waals surface area contributed by atoms with Crippen LogP contribution in [0.3, 0.4) is 0 Å². The van der Waals surface area contributed by atoms with Gasteiger partial charge in [0.15, 0.2) is 5.79 Å². The maximum atomic E-state index is 15.9. The first-order chi connectivity index (χ1) is 16.0. The normalized spacial score (nSPS) is 23.4. The van der Waals surface area contributed by atoms with Crippen LogP contribution in [0.15, 0.2) is 58.8 Å². The third-order valence-electron chi connectivity index (χ3n) is 5.59. The molecule has 2 heterocycles. The Morgan fingerprint density at radius 1 is 1.24 bits per heavy atom. The van der Waals surface area contributed by atoms with Crippen molar-refractivity contribution in [2.45, 2.75) is 37.3 Å². The highest BCUT2D eigenvalue weighted by Gasteiger charge is 2.44. The molecule has 0 saturated carbocycles. The number of anilines is 1. The number of carbonyl (C=O) groups is 1. The van der Waals surface area contributed by atoms with Crippen molar-refractivity contribution in [3.8, 4) is 0 Å². The van der Waals surface area contributed by atoms with E-state index in [-0.39, 0.29) is 33.0 Å². The molecule has 1 aliphatic carbocycles. The number of rotatable bonds is 4. The maximum absolute atomic E-state index is 15.9. The van der Waals surface area contributed by atoms with Crippen LogP contribution >= 0.6 is 11.6 Å². The van der Waals surface area contributed by atoms with Crippen LogP contribution in [0.2, 0.25) is 0 Å². The van der Waals surface area contributed by atoms with E-state index in [0.29, 0.717) is 25.5 Å². The smallest absolute Gasteiger partial charge is 0.373 e. The van der Waals surface area contributed by atoms with Gasteiger partial charge in [0.2, 0.25) is 0 Å². The van der Waals surface area contributed by atoms with Crippen molar-refractivity contribution in [3.05, 3.63) is 75.8 Å². The third kappa shape index (κ3) is 4.84. The SMILES string of the molecule is NC1(F)CC(C(=O)Nc2ccnc(C(F)(F)F)c2)=C(Cl)C(C2CCCO2)=C1c1ccc(F)cc1. The zero-order valence-corrected chi connectivity index (χ0v) is 18.3. The number of halogens is 6. The molecule has 1 aliphatic heterocycles. The average molecular weight is 500 g/mol. The number of pyridine rings is 1. The second kappa shape index (κ2) is 9.09. The van der Waals surface area contributed by atoms with E-state index in [2.05, 4.69) is 10.3 Å². The molecular weight excluding hydrogens is 481 g/mol. The van der Waals surface area contributed by atoms with E-state index in [1.165, 1.54) is 12.1 Å². The number of alkyl halides is 4. The van der Waals surface area contributed by atoms with Crippen LogP contribution in [0.25, 0.3) is 5.57 Å². The quantitative estimate of drug-likeness (QED) is 0.440. The van der Waals surface area contributed by atoms with E-state index < -0.39 is 41.9 Å². The molecule has 2 aromatic rings. The fourth-order valence-electron chi connectivity index (χ4n) is 4.09. The molecular formula is C23H19ClF5N3O2. The predicted octanol–water partition coefficient (Wildman–Crippen LogP) is 5.33. The minimum Gasteiger partial charge on any atom is -0.373 e. The lowest BCUT2D eigenvalue weighted by Crippen LogP contribution is -2.42. The van der Waals surface area contributed by atoms with Crippen molar-refractivity contribution in [1.82, 2.24) is 4.98 Å². The summed E-state index contributed by atoms with van der Waals surface area (Å²) in [5.74, 6) is -4.03. The van der Waals surface area contributed by atoms with Crippen LogP contribution in [0.4, 0.5) is 27.6 Å². The fourth-order valence-corrected chi connectivity index (χ4v) is 4.46. The van der Waals surface area contributed by atoms with Gasteiger partial charge in [0.05, 0.1) is 11.1 Å². The van der Waals surface area contributed by atoms with Gasteiger partial charge >= 0.3 is 6.18 Å². The Labute approximate surface area is 196 Å². The van der Waals surface area contributed by atoms with Crippen molar-refractivity contribution in [3.63, 3.8) is 0 Å². The molecule has 1 aromatic carbocycles. The largest absolute Gasteiger partial charge is 0.433 e. The van der Waals surface area contributed by atoms with Gasteiger partial charge in [-0.15, -0.1) is 0 Å². The lowest BCUT2D eigenvalue weighted by Gasteiger charge is -2.34. The maximum Gasteiger partial charge on any atom is 0.433 e. The van der Waals surface area contributed by atoms with Gasteiger partial charge in [0.25, 0.3) is 5.91 Å². The molecule has 2 unspecified atom stereocenters. The van der Waals surface area contributed by atoms with E-state index in [9.17, 15) is 22.4 Å². The van der Waals surface area contributed by atoms with Gasteiger partial charge in [-0.1, -0.05) is 23.7 Å². The van der Waals surface area contributed by atoms with Crippen LogP contribution in [-0.2, 0) is 15.7 Å². The Kier molecular flexibility index (Phi) is 6.50. The molecule has 34 heavy (non-hydrogen) atoms. The number of nitrogens with two attached hydrogens (primary N) is 1. The molecule has 4 rings (SSSR count). The molecule has 2 atom stereocenters. The minimum atomic E-state index is -4.71. The van der Waals surface area contributed by atoms with Crippen LogP contribution in [-0.4, -0.2) is 29.4 Å². The summed E-state index contributed by atoms with van der Waals surface area (Å²) < 4.78 is 74.0. The van der Waals surface area contributed by atoms with Gasteiger partial charge in [0.1, 0.15) is 11.5 Å². The van der Waals surface area contributed by atoms with Gasteiger partial charge in [-0.05, 0) is 42.7 Å². The van der Waals surface area contributed by atoms with E-state index in [4.69, 9.17) is 22.1 Å². The molecule has 0 radical (unpaired) electrons. The van der Waals surface area contributed by atoms with Gasteiger partial charge in [-0.3, -0.25) is 15.5 Å². The molecule has 0 bridgehead atoms. The summed E-state index contributed by atoms with van der Waals surface area (Å²) in [5, 5.41) is 2.20. The number of ether oxygens (including phenoxy) is 1. The standard InChI is InChI=1S/C23H19ClF5N3O2/c24-20-15(21(33)32-14-7-8-31-17(10-14)23(27,28)29)11-22(26,30)19(12-3-5-13(25)6-4-12)18(20)16-2-1-9-34-16/h3-8,10,16H,1-2,9,11,30H2,(H,31,32,33). The van der Waals surface area contributed by atoms with E-state index in [0.717, 1.165) is 24.4 Å². The molecule has 5 nitrogen and oxygen atoms in total. The van der Waals surface area contributed by atoms with Crippen LogP contribution in [0.1, 0.15) is 30.5 Å². The molecule has 0 spiro atoms. The number of amides is 1. The molecule has 1 saturated heterocycles. The molecule has 1 aromatic heterocycles. The Balaban J connectivity index is 1.77. The number of benzene rings is 1. The first kappa shape index (κ1) is 24.3. The molecule has 2 aliphatic rings. The second-order valence-electron chi connectivity index (χ2n) is 8.01. The zero-order valence-electron chi connectivity index (χ0n) is 17.6.